The van der Waals surface area contributed by atoms with Crippen LogP contribution >= 0.6 is 12.2 Å². The SMILES string of the molecule is CC(C)c1n[nH]c(=S)n1[C@H]1CCc2ccccc21. The molecule has 4 heteroatoms. The second-order valence-electron chi connectivity index (χ2n) is 5.16. The summed E-state index contributed by atoms with van der Waals surface area (Å²) in [5.74, 6) is 1.44. The number of fused-ring (bicyclic) bond motifs is 1. The molecule has 0 amide bonds. The molecule has 94 valence electrons. The van der Waals surface area contributed by atoms with Crippen molar-refractivity contribution in [2.24, 2.45) is 0 Å². The Bertz CT molecular complexity index is 624. The molecule has 0 fully saturated rings. The van der Waals surface area contributed by atoms with Crippen LogP contribution in [-0.2, 0) is 6.42 Å². The van der Waals surface area contributed by atoms with Gasteiger partial charge in [-0.1, -0.05) is 38.1 Å². The lowest BCUT2D eigenvalue weighted by molar-refractivity contribution is 0.532. The van der Waals surface area contributed by atoms with E-state index in [0.29, 0.717) is 12.0 Å². The molecule has 1 aromatic carbocycles. The van der Waals surface area contributed by atoms with Crippen molar-refractivity contribution in [1.82, 2.24) is 14.8 Å². The number of aromatic amines is 1. The van der Waals surface area contributed by atoms with Crippen molar-refractivity contribution in [2.45, 2.75) is 38.6 Å². The molecule has 0 aliphatic heterocycles. The summed E-state index contributed by atoms with van der Waals surface area (Å²) in [5, 5.41) is 7.32. The van der Waals surface area contributed by atoms with Crippen molar-refractivity contribution < 1.29 is 0 Å². The van der Waals surface area contributed by atoms with E-state index in [2.05, 4.69) is 52.9 Å². The highest BCUT2D eigenvalue weighted by Crippen LogP contribution is 2.35. The van der Waals surface area contributed by atoms with Crippen LogP contribution in [0, 0.1) is 4.77 Å². The summed E-state index contributed by atoms with van der Waals surface area (Å²) in [6, 6.07) is 9.00. The highest BCUT2D eigenvalue weighted by molar-refractivity contribution is 7.71. The number of benzene rings is 1. The molecule has 1 aromatic heterocycles. The minimum absolute atomic E-state index is 0.352. The molecule has 1 atom stereocenters. The number of hydrogen-bond donors (Lipinski definition) is 1. The second-order valence-corrected chi connectivity index (χ2v) is 5.55. The molecule has 3 rings (SSSR count). The van der Waals surface area contributed by atoms with Crippen LogP contribution in [0.15, 0.2) is 24.3 Å². The standard InChI is InChI=1S/C14H17N3S/c1-9(2)13-15-16-14(18)17(13)12-8-7-10-5-3-4-6-11(10)12/h3-6,9,12H,7-8H2,1-2H3,(H,16,18)/t12-/m0/s1. The molecule has 3 nitrogen and oxygen atoms in total. The lowest BCUT2D eigenvalue weighted by Gasteiger charge is -2.17. The van der Waals surface area contributed by atoms with Crippen LogP contribution in [0.5, 0.6) is 0 Å². The summed E-state index contributed by atoms with van der Waals surface area (Å²) < 4.78 is 2.94. The minimum Gasteiger partial charge on any atom is -0.296 e. The zero-order valence-corrected chi connectivity index (χ0v) is 11.5. The number of hydrogen-bond acceptors (Lipinski definition) is 2. The first kappa shape index (κ1) is 11.7. The minimum atomic E-state index is 0.352. The van der Waals surface area contributed by atoms with E-state index in [4.69, 9.17) is 12.2 Å². The predicted molar refractivity (Wildman–Crippen MR) is 74.4 cm³/mol. The average Bonchev–Trinajstić information content (AvgIpc) is 2.92. The van der Waals surface area contributed by atoms with E-state index in [1.54, 1.807) is 0 Å². The smallest absolute Gasteiger partial charge is 0.195 e. The van der Waals surface area contributed by atoms with Crippen LogP contribution in [0.2, 0.25) is 0 Å². The van der Waals surface area contributed by atoms with Gasteiger partial charge in [-0.25, -0.2) is 0 Å². The number of nitrogens with one attached hydrogen (secondary N) is 1. The van der Waals surface area contributed by atoms with Crippen LogP contribution in [0.25, 0.3) is 0 Å². The highest BCUT2D eigenvalue weighted by atomic mass is 32.1. The van der Waals surface area contributed by atoms with Gasteiger partial charge in [-0.15, -0.1) is 0 Å². The number of aryl methyl sites for hydroxylation is 1. The van der Waals surface area contributed by atoms with Crippen molar-refractivity contribution in [3.63, 3.8) is 0 Å². The Morgan fingerprint density at radius 1 is 1.39 bits per heavy atom. The Kier molecular flexibility index (Phi) is 2.82. The molecule has 0 saturated carbocycles. The Labute approximate surface area is 112 Å². The first-order valence-corrected chi connectivity index (χ1v) is 6.84. The number of aromatic nitrogens is 3. The summed E-state index contributed by atoms with van der Waals surface area (Å²) in [4.78, 5) is 0. The molecule has 0 bridgehead atoms. The first-order chi connectivity index (χ1) is 8.68. The Hall–Kier alpha value is -1.42. The van der Waals surface area contributed by atoms with Crippen molar-refractivity contribution >= 4 is 12.2 Å². The monoisotopic (exact) mass is 259 g/mol. The van der Waals surface area contributed by atoms with Gasteiger partial charge in [0, 0.05) is 5.92 Å². The summed E-state index contributed by atoms with van der Waals surface area (Å²) in [6.45, 7) is 4.31. The van der Waals surface area contributed by atoms with E-state index < -0.39 is 0 Å². The van der Waals surface area contributed by atoms with Crippen molar-refractivity contribution in [2.75, 3.05) is 0 Å². The average molecular weight is 259 g/mol. The third-order valence-electron chi connectivity index (χ3n) is 3.66. The van der Waals surface area contributed by atoms with Crippen LogP contribution < -0.4 is 0 Å². The summed E-state index contributed by atoms with van der Waals surface area (Å²) in [7, 11) is 0. The topological polar surface area (TPSA) is 33.6 Å². The molecule has 0 spiro atoms. The molecule has 18 heavy (non-hydrogen) atoms. The van der Waals surface area contributed by atoms with Crippen molar-refractivity contribution in [3.8, 4) is 0 Å². The third kappa shape index (κ3) is 1.72. The molecule has 1 heterocycles. The van der Waals surface area contributed by atoms with E-state index in [0.717, 1.165) is 23.4 Å². The van der Waals surface area contributed by atoms with Gasteiger partial charge in [0.25, 0.3) is 0 Å². The molecule has 1 N–H and O–H groups in total. The van der Waals surface area contributed by atoms with Gasteiger partial charge in [0.15, 0.2) is 4.77 Å². The van der Waals surface area contributed by atoms with E-state index in [-0.39, 0.29) is 0 Å². The summed E-state index contributed by atoms with van der Waals surface area (Å²) in [6.07, 6.45) is 2.25. The largest absolute Gasteiger partial charge is 0.296 e. The first-order valence-electron chi connectivity index (χ1n) is 6.43. The van der Waals surface area contributed by atoms with E-state index >= 15 is 0 Å². The van der Waals surface area contributed by atoms with Crippen LogP contribution in [0.4, 0.5) is 0 Å². The van der Waals surface area contributed by atoms with Crippen molar-refractivity contribution in [3.05, 3.63) is 46.0 Å². The molecule has 1 aliphatic rings. The molecular weight excluding hydrogens is 242 g/mol. The van der Waals surface area contributed by atoms with Gasteiger partial charge in [0.2, 0.25) is 0 Å². The zero-order valence-electron chi connectivity index (χ0n) is 10.7. The molecule has 0 radical (unpaired) electrons. The van der Waals surface area contributed by atoms with Crippen molar-refractivity contribution in [1.29, 1.82) is 0 Å². The summed E-state index contributed by atoms with van der Waals surface area (Å²) >= 11 is 5.40. The van der Waals surface area contributed by atoms with E-state index in [1.807, 2.05) is 0 Å². The molecule has 0 unspecified atom stereocenters. The van der Waals surface area contributed by atoms with Crippen LogP contribution in [0.1, 0.15) is 49.2 Å². The van der Waals surface area contributed by atoms with Gasteiger partial charge < -0.3 is 0 Å². The lowest BCUT2D eigenvalue weighted by Crippen LogP contribution is -2.12. The van der Waals surface area contributed by atoms with Gasteiger partial charge in [-0.2, -0.15) is 5.10 Å². The highest BCUT2D eigenvalue weighted by Gasteiger charge is 2.26. The maximum Gasteiger partial charge on any atom is 0.195 e. The van der Waals surface area contributed by atoms with E-state index in [1.165, 1.54) is 11.1 Å². The quantitative estimate of drug-likeness (QED) is 0.836. The van der Waals surface area contributed by atoms with Crippen LogP contribution in [-0.4, -0.2) is 14.8 Å². The maximum absolute atomic E-state index is 5.40. The predicted octanol–water partition coefficient (Wildman–Crippen LogP) is 3.60. The molecule has 1 aliphatic carbocycles. The van der Waals surface area contributed by atoms with Gasteiger partial charge >= 0.3 is 0 Å². The van der Waals surface area contributed by atoms with Gasteiger partial charge in [0.1, 0.15) is 5.82 Å². The zero-order chi connectivity index (χ0) is 12.7. The van der Waals surface area contributed by atoms with E-state index in [9.17, 15) is 0 Å². The fourth-order valence-corrected chi connectivity index (χ4v) is 3.09. The Balaban J connectivity index is 2.13. The molecule has 0 saturated heterocycles. The second kappa shape index (κ2) is 4.35. The third-order valence-corrected chi connectivity index (χ3v) is 3.95. The maximum atomic E-state index is 5.40. The number of H-pyrrole nitrogens is 1. The lowest BCUT2D eigenvalue weighted by atomic mass is 10.1. The van der Waals surface area contributed by atoms with Gasteiger partial charge in [-0.3, -0.25) is 9.67 Å². The Morgan fingerprint density at radius 2 is 2.17 bits per heavy atom. The normalized spacial score (nSPS) is 18.3. The number of nitrogens with zero attached hydrogens (tertiary/aromatic N) is 2. The molecular formula is C14H17N3S. The van der Waals surface area contributed by atoms with Crippen LogP contribution in [0.3, 0.4) is 0 Å². The fraction of sp³-hybridized carbons (Fsp3) is 0.429. The molecule has 2 aromatic rings. The van der Waals surface area contributed by atoms with Gasteiger partial charge in [-0.05, 0) is 36.2 Å². The fourth-order valence-electron chi connectivity index (χ4n) is 2.83. The number of rotatable bonds is 2. The Morgan fingerprint density at radius 3 is 2.94 bits per heavy atom. The summed E-state index contributed by atoms with van der Waals surface area (Å²) in [5.41, 5.74) is 2.84. The van der Waals surface area contributed by atoms with Gasteiger partial charge in [0.05, 0.1) is 6.04 Å².